The highest BCUT2D eigenvalue weighted by Crippen LogP contribution is 2.11. The monoisotopic (exact) mass is 294 g/mol. The van der Waals surface area contributed by atoms with E-state index < -0.39 is 12.0 Å². The van der Waals surface area contributed by atoms with Gasteiger partial charge < -0.3 is 20.3 Å². The van der Waals surface area contributed by atoms with Crippen LogP contribution in [0.4, 0.5) is 4.79 Å². The molecule has 1 aromatic rings. The summed E-state index contributed by atoms with van der Waals surface area (Å²) in [6.45, 7) is 1.39. The molecule has 0 aliphatic carbocycles. The van der Waals surface area contributed by atoms with Crippen LogP contribution in [0.2, 0.25) is 0 Å². The number of amides is 2. The first-order valence-electron chi connectivity index (χ1n) is 7.42. The van der Waals surface area contributed by atoms with Gasteiger partial charge in [0.05, 0.1) is 6.33 Å². The number of carboxylic acid groups (broad SMARTS) is 1. The number of urea groups is 1. The Morgan fingerprint density at radius 1 is 1.29 bits per heavy atom. The fraction of sp³-hybridized carbons (Fsp3) is 0.643. The molecular formula is C14H22N4O3. The molecule has 1 aliphatic rings. The van der Waals surface area contributed by atoms with Crippen LogP contribution in [0.1, 0.15) is 37.8 Å². The first kappa shape index (κ1) is 15.3. The average Bonchev–Trinajstić information content (AvgIpc) is 2.90. The topological polar surface area (TPSA) is 98.3 Å². The Kier molecular flexibility index (Phi) is 5.59. The molecule has 1 aliphatic heterocycles. The minimum Gasteiger partial charge on any atom is -0.480 e. The number of H-pyrrole nitrogens is 1. The zero-order valence-corrected chi connectivity index (χ0v) is 12.0. The van der Waals surface area contributed by atoms with Crippen LogP contribution in [-0.4, -0.2) is 51.1 Å². The third kappa shape index (κ3) is 4.77. The van der Waals surface area contributed by atoms with E-state index in [1.54, 1.807) is 11.1 Å². The maximum Gasteiger partial charge on any atom is 0.326 e. The molecule has 7 nitrogen and oxygen atoms in total. The van der Waals surface area contributed by atoms with Gasteiger partial charge in [-0.25, -0.2) is 14.6 Å². The number of likely N-dealkylation sites (tertiary alicyclic amines) is 1. The number of aromatic amines is 1. The lowest BCUT2D eigenvalue weighted by atomic mass is 10.1. The van der Waals surface area contributed by atoms with Gasteiger partial charge in [-0.15, -0.1) is 0 Å². The van der Waals surface area contributed by atoms with E-state index in [4.69, 9.17) is 0 Å². The quantitative estimate of drug-likeness (QED) is 0.781. The van der Waals surface area contributed by atoms with Gasteiger partial charge in [0, 0.05) is 31.4 Å². The fourth-order valence-corrected chi connectivity index (χ4v) is 2.51. The number of hydrogen-bond donors (Lipinski definition) is 3. The highest BCUT2D eigenvalue weighted by Gasteiger charge is 2.24. The number of aromatic nitrogens is 2. The van der Waals surface area contributed by atoms with E-state index in [-0.39, 0.29) is 12.5 Å². The molecule has 0 unspecified atom stereocenters. The van der Waals surface area contributed by atoms with Crippen molar-refractivity contribution in [3.63, 3.8) is 0 Å². The van der Waals surface area contributed by atoms with Crippen molar-refractivity contribution in [2.24, 2.45) is 0 Å². The average molecular weight is 294 g/mol. The number of hydrogen-bond acceptors (Lipinski definition) is 3. The van der Waals surface area contributed by atoms with Gasteiger partial charge in [-0.3, -0.25) is 0 Å². The van der Waals surface area contributed by atoms with E-state index in [2.05, 4.69) is 15.3 Å². The maximum absolute atomic E-state index is 12.2. The van der Waals surface area contributed by atoms with Crippen LogP contribution in [-0.2, 0) is 11.2 Å². The van der Waals surface area contributed by atoms with Crippen LogP contribution < -0.4 is 5.32 Å². The van der Waals surface area contributed by atoms with Gasteiger partial charge in [0.1, 0.15) is 6.04 Å². The molecule has 0 saturated carbocycles. The van der Waals surface area contributed by atoms with E-state index in [1.165, 1.54) is 12.7 Å². The van der Waals surface area contributed by atoms with E-state index in [0.717, 1.165) is 25.7 Å². The number of rotatable bonds is 4. The molecule has 1 aromatic heterocycles. The van der Waals surface area contributed by atoms with Crippen LogP contribution in [0.3, 0.4) is 0 Å². The van der Waals surface area contributed by atoms with E-state index in [9.17, 15) is 14.7 Å². The third-order valence-electron chi connectivity index (χ3n) is 3.72. The van der Waals surface area contributed by atoms with Gasteiger partial charge in [0.15, 0.2) is 0 Å². The van der Waals surface area contributed by atoms with Gasteiger partial charge in [-0.2, -0.15) is 0 Å². The van der Waals surface area contributed by atoms with Gasteiger partial charge in [0.25, 0.3) is 0 Å². The lowest BCUT2D eigenvalue weighted by Gasteiger charge is -2.26. The molecule has 0 bridgehead atoms. The molecule has 0 aromatic carbocycles. The molecular weight excluding hydrogens is 272 g/mol. The first-order chi connectivity index (χ1) is 10.2. The molecule has 0 radical (unpaired) electrons. The van der Waals surface area contributed by atoms with Crippen LogP contribution >= 0.6 is 0 Å². The van der Waals surface area contributed by atoms with Gasteiger partial charge in [-0.05, 0) is 12.8 Å². The summed E-state index contributed by atoms with van der Waals surface area (Å²) < 4.78 is 0. The molecule has 116 valence electrons. The minimum absolute atomic E-state index is 0.203. The number of carbonyl (C=O) groups excluding carboxylic acids is 1. The van der Waals surface area contributed by atoms with Gasteiger partial charge in [-0.1, -0.05) is 19.3 Å². The van der Waals surface area contributed by atoms with Crippen molar-refractivity contribution < 1.29 is 14.7 Å². The molecule has 2 amide bonds. The second-order valence-electron chi connectivity index (χ2n) is 5.38. The summed E-state index contributed by atoms with van der Waals surface area (Å²) in [5.74, 6) is -1.04. The second-order valence-corrected chi connectivity index (χ2v) is 5.38. The zero-order chi connectivity index (χ0) is 15.1. The molecule has 21 heavy (non-hydrogen) atoms. The summed E-state index contributed by atoms with van der Waals surface area (Å²) in [6, 6.07) is -1.23. The summed E-state index contributed by atoms with van der Waals surface area (Å²) in [4.78, 5) is 32.0. The number of nitrogens with zero attached hydrogens (tertiary/aromatic N) is 2. The van der Waals surface area contributed by atoms with Gasteiger partial charge in [0.2, 0.25) is 0 Å². The Bertz CT molecular complexity index is 453. The smallest absolute Gasteiger partial charge is 0.326 e. The standard InChI is InChI=1S/C14H22N4O3/c19-13(20)12(8-11-9-15-10-16-11)17-14(21)18-6-4-2-1-3-5-7-18/h9-10,12H,1-8H2,(H,15,16)(H,17,21)(H,19,20)/t12-/m0/s1. The number of imidazole rings is 1. The van der Waals surface area contributed by atoms with Crippen LogP contribution in [0.25, 0.3) is 0 Å². The Morgan fingerprint density at radius 2 is 1.95 bits per heavy atom. The molecule has 3 N–H and O–H groups in total. The number of nitrogens with one attached hydrogen (secondary N) is 2. The molecule has 1 fully saturated rings. The van der Waals surface area contributed by atoms with Crippen molar-refractivity contribution in [3.8, 4) is 0 Å². The van der Waals surface area contributed by atoms with E-state index >= 15 is 0 Å². The number of carboxylic acids is 1. The summed E-state index contributed by atoms with van der Waals surface area (Å²) in [5, 5.41) is 11.9. The van der Waals surface area contributed by atoms with E-state index in [1.807, 2.05) is 0 Å². The lowest BCUT2D eigenvalue weighted by molar-refractivity contribution is -0.139. The third-order valence-corrected chi connectivity index (χ3v) is 3.72. The molecule has 2 heterocycles. The van der Waals surface area contributed by atoms with Crippen molar-refractivity contribution in [2.45, 2.75) is 44.6 Å². The zero-order valence-electron chi connectivity index (χ0n) is 12.0. The van der Waals surface area contributed by atoms with Crippen molar-refractivity contribution in [2.75, 3.05) is 13.1 Å². The Morgan fingerprint density at radius 3 is 2.52 bits per heavy atom. The molecule has 1 saturated heterocycles. The van der Waals surface area contributed by atoms with Crippen LogP contribution in [0.5, 0.6) is 0 Å². The van der Waals surface area contributed by atoms with Crippen molar-refractivity contribution in [1.29, 1.82) is 0 Å². The van der Waals surface area contributed by atoms with Crippen molar-refractivity contribution in [3.05, 3.63) is 18.2 Å². The maximum atomic E-state index is 12.2. The largest absolute Gasteiger partial charge is 0.480 e. The predicted molar refractivity (Wildman–Crippen MR) is 76.9 cm³/mol. The van der Waals surface area contributed by atoms with Crippen molar-refractivity contribution >= 4 is 12.0 Å². The molecule has 1 atom stereocenters. The number of aliphatic carboxylic acids is 1. The van der Waals surface area contributed by atoms with Crippen LogP contribution in [0.15, 0.2) is 12.5 Å². The van der Waals surface area contributed by atoms with E-state index in [0.29, 0.717) is 18.8 Å². The van der Waals surface area contributed by atoms with Gasteiger partial charge >= 0.3 is 12.0 Å². The molecule has 7 heteroatoms. The Labute approximate surface area is 123 Å². The summed E-state index contributed by atoms with van der Waals surface area (Å²) in [5.41, 5.74) is 0.690. The second kappa shape index (κ2) is 7.66. The SMILES string of the molecule is O=C(O)[C@H](Cc1cnc[nH]1)NC(=O)N1CCCCCCC1. The Balaban J connectivity index is 1.91. The van der Waals surface area contributed by atoms with Crippen molar-refractivity contribution in [1.82, 2.24) is 20.2 Å². The highest BCUT2D eigenvalue weighted by atomic mass is 16.4. The molecule has 2 rings (SSSR count). The summed E-state index contributed by atoms with van der Waals surface area (Å²) >= 11 is 0. The van der Waals surface area contributed by atoms with Crippen LogP contribution in [0, 0.1) is 0 Å². The summed E-state index contributed by atoms with van der Waals surface area (Å²) in [7, 11) is 0. The summed E-state index contributed by atoms with van der Waals surface area (Å²) in [6.07, 6.45) is 8.69. The highest BCUT2D eigenvalue weighted by molar-refractivity contribution is 5.82. The fourth-order valence-electron chi connectivity index (χ4n) is 2.51. The minimum atomic E-state index is -1.04. The normalized spacial score (nSPS) is 17.6. The predicted octanol–water partition coefficient (Wildman–Crippen LogP) is 1.38. The molecule has 0 spiro atoms. The lowest BCUT2D eigenvalue weighted by Crippen LogP contribution is -2.49. The Hall–Kier alpha value is -2.05. The first-order valence-corrected chi connectivity index (χ1v) is 7.42. The number of carbonyl (C=O) groups is 2.